The van der Waals surface area contributed by atoms with Crippen LogP contribution in [0.5, 0.6) is 0 Å². The van der Waals surface area contributed by atoms with E-state index in [0.29, 0.717) is 38.5 Å². The minimum absolute atomic E-state index is 0.275. The summed E-state index contributed by atoms with van der Waals surface area (Å²) < 4.78 is 1.53. The maximum absolute atomic E-state index is 13.1. The van der Waals surface area contributed by atoms with Crippen molar-refractivity contribution < 1.29 is 4.79 Å². The van der Waals surface area contributed by atoms with Gasteiger partial charge in [-0.05, 0) is 41.6 Å². The largest absolute Gasteiger partial charge is 0.326 e. The fraction of sp³-hybridized carbons (Fsp3) is 0.111. The van der Waals surface area contributed by atoms with Gasteiger partial charge in [0.2, 0.25) is 5.95 Å². The predicted molar refractivity (Wildman–Crippen MR) is 104 cm³/mol. The van der Waals surface area contributed by atoms with Gasteiger partial charge in [0.25, 0.3) is 5.91 Å². The molecule has 1 aromatic heterocycles. The van der Waals surface area contributed by atoms with Crippen molar-refractivity contribution >= 4 is 40.7 Å². The second-order valence-corrected chi connectivity index (χ2v) is 6.84. The number of allylic oxidation sites excluding steroid dienone is 1. The third-order valence-electron chi connectivity index (χ3n) is 4.25. The lowest BCUT2D eigenvalue weighted by Crippen LogP contribution is -2.31. The second kappa shape index (κ2) is 7.02. The van der Waals surface area contributed by atoms with E-state index in [1.165, 1.54) is 4.68 Å². The number of hydrogen-bond acceptors (Lipinski definition) is 5. The molecule has 0 spiro atoms. The van der Waals surface area contributed by atoms with E-state index in [0.717, 1.165) is 0 Å². The zero-order chi connectivity index (χ0) is 19.0. The first kappa shape index (κ1) is 17.5. The maximum atomic E-state index is 13.1. The highest BCUT2D eigenvalue weighted by Gasteiger charge is 2.35. The number of halogens is 2. The lowest BCUT2D eigenvalue weighted by atomic mass is 9.95. The van der Waals surface area contributed by atoms with Crippen molar-refractivity contribution in [1.82, 2.24) is 20.2 Å². The number of rotatable bonds is 3. The number of aromatic nitrogens is 4. The standard InChI is InChI=1S/C18H14Cl2N6O/c1-10-15(17(27)22-12-5-3-2-4-6-12)16(26-18(21-10)23-24-25-26)13-8-7-11(19)9-14(13)20/h2-9,16H,1H3,(H,22,27)(H,21,23,25)/t16-/m0/s1. The van der Waals surface area contributed by atoms with Gasteiger partial charge < -0.3 is 10.6 Å². The van der Waals surface area contributed by atoms with E-state index in [2.05, 4.69) is 26.2 Å². The number of amides is 1. The van der Waals surface area contributed by atoms with E-state index >= 15 is 0 Å². The van der Waals surface area contributed by atoms with Gasteiger partial charge in [0.05, 0.1) is 5.57 Å². The second-order valence-electron chi connectivity index (χ2n) is 6.00. The highest BCUT2D eigenvalue weighted by Crippen LogP contribution is 2.38. The molecule has 1 amide bonds. The Labute approximate surface area is 165 Å². The van der Waals surface area contributed by atoms with Gasteiger partial charge in [0, 0.05) is 27.0 Å². The maximum Gasteiger partial charge on any atom is 0.255 e. The molecule has 0 radical (unpaired) electrons. The number of fused-ring (bicyclic) bond motifs is 1. The Bertz CT molecular complexity index is 1050. The summed E-state index contributed by atoms with van der Waals surface area (Å²) in [6.45, 7) is 1.80. The van der Waals surface area contributed by atoms with Crippen LogP contribution in [0.2, 0.25) is 10.0 Å². The van der Waals surface area contributed by atoms with Crippen LogP contribution in [0.3, 0.4) is 0 Å². The molecule has 2 aromatic carbocycles. The molecule has 1 aliphatic heterocycles. The zero-order valence-corrected chi connectivity index (χ0v) is 15.7. The Balaban J connectivity index is 1.81. The highest BCUT2D eigenvalue weighted by atomic mass is 35.5. The van der Waals surface area contributed by atoms with Crippen molar-refractivity contribution in [3.05, 3.63) is 75.4 Å². The molecule has 0 bridgehead atoms. The summed E-state index contributed by atoms with van der Waals surface area (Å²) in [6, 6.07) is 13.7. The number of para-hydroxylation sites is 1. The minimum Gasteiger partial charge on any atom is -0.326 e. The summed E-state index contributed by atoms with van der Waals surface area (Å²) >= 11 is 12.5. The quantitative estimate of drug-likeness (QED) is 0.695. The third kappa shape index (κ3) is 3.27. The van der Waals surface area contributed by atoms with Crippen LogP contribution in [0.25, 0.3) is 0 Å². The van der Waals surface area contributed by atoms with Crippen molar-refractivity contribution in [3.8, 4) is 0 Å². The summed E-state index contributed by atoms with van der Waals surface area (Å²) in [5.74, 6) is 0.156. The Kier molecular flexibility index (Phi) is 4.55. The van der Waals surface area contributed by atoms with E-state index in [-0.39, 0.29) is 5.91 Å². The summed E-state index contributed by atoms with van der Waals surface area (Å²) in [5, 5.41) is 18.6. The molecule has 9 heteroatoms. The van der Waals surface area contributed by atoms with Gasteiger partial charge in [0.15, 0.2) is 0 Å². The summed E-state index contributed by atoms with van der Waals surface area (Å²) in [4.78, 5) is 13.1. The summed E-state index contributed by atoms with van der Waals surface area (Å²) in [6.07, 6.45) is 0. The molecule has 3 aromatic rings. The smallest absolute Gasteiger partial charge is 0.255 e. The zero-order valence-electron chi connectivity index (χ0n) is 14.1. The first-order chi connectivity index (χ1) is 13.0. The summed E-state index contributed by atoms with van der Waals surface area (Å²) in [5.41, 5.74) is 2.46. The fourth-order valence-corrected chi connectivity index (χ4v) is 3.55. The van der Waals surface area contributed by atoms with Crippen LogP contribution in [0.4, 0.5) is 11.6 Å². The number of carbonyl (C=O) groups is 1. The van der Waals surface area contributed by atoms with Gasteiger partial charge in [-0.15, -0.1) is 0 Å². The number of benzene rings is 2. The topological polar surface area (TPSA) is 84.7 Å². The molecule has 1 aliphatic rings. The average Bonchev–Trinajstić information content (AvgIpc) is 3.09. The molecule has 2 N–H and O–H groups in total. The average molecular weight is 401 g/mol. The molecule has 0 saturated heterocycles. The van der Waals surface area contributed by atoms with Crippen LogP contribution >= 0.6 is 23.2 Å². The van der Waals surface area contributed by atoms with Gasteiger partial charge in [-0.3, -0.25) is 4.79 Å². The van der Waals surface area contributed by atoms with Crippen molar-refractivity contribution in [2.24, 2.45) is 0 Å². The molecule has 0 aliphatic carbocycles. The van der Waals surface area contributed by atoms with Crippen LogP contribution in [0.1, 0.15) is 18.5 Å². The Morgan fingerprint density at radius 1 is 1.19 bits per heavy atom. The SMILES string of the molecule is CC1=C(C(=O)Nc2ccccc2)[C@H](c2ccc(Cl)cc2Cl)n2nnnc2N1. The number of tetrazole rings is 1. The van der Waals surface area contributed by atoms with Gasteiger partial charge in [-0.25, -0.2) is 0 Å². The van der Waals surface area contributed by atoms with E-state index < -0.39 is 6.04 Å². The normalized spacial score (nSPS) is 15.9. The molecule has 27 heavy (non-hydrogen) atoms. The molecular weight excluding hydrogens is 387 g/mol. The Hall–Kier alpha value is -2.90. The highest BCUT2D eigenvalue weighted by molar-refractivity contribution is 6.35. The molecule has 0 fully saturated rings. The predicted octanol–water partition coefficient (Wildman–Crippen LogP) is 3.91. The monoisotopic (exact) mass is 400 g/mol. The molecule has 0 unspecified atom stereocenters. The van der Waals surface area contributed by atoms with Gasteiger partial charge in [0.1, 0.15) is 6.04 Å². The van der Waals surface area contributed by atoms with E-state index in [9.17, 15) is 4.79 Å². The van der Waals surface area contributed by atoms with Crippen LogP contribution in [0, 0.1) is 0 Å². The first-order valence-corrected chi connectivity index (χ1v) is 8.87. The summed E-state index contributed by atoms with van der Waals surface area (Å²) in [7, 11) is 0. The Morgan fingerprint density at radius 2 is 1.96 bits per heavy atom. The number of carbonyl (C=O) groups excluding carboxylic acids is 1. The van der Waals surface area contributed by atoms with Crippen LogP contribution in [-0.4, -0.2) is 26.1 Å². The van der Waals surface area contributed by atoms with E-state index in [1.54, 1.807) is 25.1 Å². The van der Waals surface area contributed by atoms with Crippen LogP contribution in [0.15, 0.2) is 59.8 Å². The van der Waals surface area contributed by atoms with Crippen LogP contribution in [-0.2, 0) is 4.79 Å². The molecule has 2 heterocycles. The third-order valence-corrected chi connectivity index (χ3v) is 4.81. The first-order valence-electron chi connectivity index (χ1n) is 8.11. The number of nitrogens with zero attached hydrogens (tertiary/aromatic N) is 4. The van der Waals surface area contributed by atoms with Crippen molar-refractivity contribution in [1.29, 1.82) is 0 Å². The van der Waals surface area contributed by atoms with Gasteiger partial charge >= 0.3 is 0 Å². The molecule has 4 rings (SSSR count). The van der Waals surface area contributed by atoms with E-state index in [1.807, 2.05) is 30.3 Å². The lowest BCUT2D eigenvalue weighted by molar-refractivity contribution is -0.113. The minimum atomic E-state index is -0.593. The number of hydrogen-bond donors (Lipinski definition) is 2. The molecular formula is C18H14Cl2N6O. The van der Waals surface area contributed by atoms with Crippen molar-refractivity contribution in [2.45, 2.75) is 13.0 Å². The molecule has 136 valence electrons. The lowest BCUT2D eigenvalue weighted by Gasteiger charge is -2.28. The molecule has 0 saturated carbocycles. The van der Waals surface area contributed by atoms with E-state index in [4.69, 9.17) is 23.2 Å². The fourth-order valence-electron chi connectivity index (χ4n) is 3.04. The number of anilines is 2. The van der Waals surface area contributed by atoms with Crippen LogP contribution < -0.4 is 10.6 Å². The Morgan fingerprint density at radius 3 is 2.70 bits per heavy atom. The van der Waals surface area contributed by atoms with Gasteiger partial charge in [-0.1, -0.05) is 52.6 Å². The molecule has 1 atom stereocenters. The van der Waals surface area contributed by atoms with Crippen molar-refractivity contribution in [3.63, 3.8) is 0 Å². The van der Waals surface area contributed by atoms with Gasteiger partial charge in [-0.2, -0.15) is 4.68 Å². The number of nitrogens with one attached hydrogen (secondary N) is 2. The molecule has 7 nitrogen and oxygen atoms in total. The van der Waals surface area contributed by atoms with Crippen molar-refractivity contribution in [2.75, 3.05) is 10.6 Å².